The van der Waals surface area contributed by atoms with Gasteiger partial charge in [0, 0.05) is 5.56 Å². The first kappa shape index (κ1) is 19.9. The van der Waals surface area contributed by atoms with Crippen LogP contribution in [0, 0.1) is 0 Å². The molecule has 1 heterocycles. The molecule has 1 saturated heterocycles. The molecule has 3 rings (SSSR count). The van der Waals surface area contributed by atoms with Gasteiger partial charge in [0.25, 0.3) is 0 Å². The minimum atomic E-state index is 0.219. The highest BCUT2D eigenvalue weighted by atomic mass is 15.2. The Morgan fingerprint density at radius 3 is 2.54 bits per heavy atom. The molecule has 0 bridgehead atoms. The van der Waals surface area contributed by atoms with Crippen molar-refractivity contribution in [3.63, 3.8) is 0 Å². The smallest absolute Gasteiger partial charge is 0.127 e. The normalized spacial score (nSPS) is 21.6. The van der Waals surface area contributed by atoms with E-state index in [1.807, 2.05) is 0 Å². The van der Waals surface area contributed by atoms with Crippen LogP contribution in [0.1, 0.15) is 76.3 Å². The Hall–Kier alpha value is -0.900. The summed E-state index contributed by atoms with van der Waals surface area (Å²) in [5, 5.41) is 5.05. The summed E-state index contributed by atoms with van der Waals surface area (Å²) in [5.41, 5.74) is 6.96. The van der Waals surface area contributed by atoms with Crippen molar-refractivity contribution in [3.05, 3.63) is 34.4 Å². The van der Waals surface area contributed by atoms with Gasteiger partial charge in [0.05, 0.1) is 0 Å². The highest BCUT2D eigenvalue weighted by Crippen LogP contribution is 2.43. The maximum absolute atomic E-state index is 2.60. The van der Waals surface area contributed by atoms with Crippen LogP contribution >= 0.6 is 0 Å². The van der Waals surface area contributed by atoms with Crippen molar-refractivity contribution < 1.29 is 15.5 Å². The largest absolute Gasteiger partial charge is 0.337 e. The van der Waals surface area contributed by atoms with Crippen molar-refractivity contribution in [2.24, 2.45) is 0 Å². The first-order chi connectivity index (χ1) is 12.2. The lowest BCUT2D eigenvalue weighted by Gasteiger charge is -2.27. The molecule has 2 aliphatic rings. The zero-order chi connectivity index (χ0) is 18.9. The Labute approximate surface area is 160 Å². The maximum atomic E-state index is 2.60. The van der Waals surface area contributed by atoms with E-state index < -0.39 is 0 Å². The van der Waals surface area contributed by atoms with Crippen LogP contribution in [0.2, 0.25) is 0 Å². The topological polar surface area (TPSA) is 37.7 Å². The van der Waals surface area contributed by atoms with Gasteiger partial charge in [-0.25, -0.2) is 0 Å². The number of piperazine rings is 1. The van der Waals surface area contributed by atoms with Crippen LogP contribution in [0.15, 0.2) is 12.1 Å². The first-order valence-corrected chi connectivity index (χ1v) is 10.8. The van der Waals surface area contributed by atoms with E-state index in [-0.39, 0.29) is 5.41 Å². The zero-order valence-corrected chi connectivity index (χ0v) is 18.0. The molecular formula is C23H42N3+3. The van der Waals surface area contributed by atoms with Gasteiger partial charge in [-0.1, -0.05) is 40.7 Å². The van der Waals surface area contributed by atoms with E-state index in [0.29, 0.717) is 11.5 Å². The molecule has 0 radical (unpaired) electrons. The number of hydrogen-bond donors (Lipinski definition) is 3. The third-order valence-electron chi connectivity index (χ3n) is 6.79. The quantitative estimate of drug-likeness (QED) is 0.676. The van der Waals surface area contributed by atoms with Gasteiger partial charge in [-0.3, -0.25) is 0 Å². The van der Waals surface area contributed by atoms with E-state index in [1.165, 1.54) is 57.7 Å². The standard InChI is InChI=1S/C23H39N3/c1-17(25-11-14-26-12-9-24-10-13-26)20-15-18(22(2,3)4)16-21-19(20)7-8-23(21,5)6/h15-17,24-25H,7-14H2,1-6H3/p+3/t17-/m0/s1. The number of rotatable bonds is 5. The molecule has 1 fully saturated rings. The molecule has 3 heteroatoms. The Bertz CT molecular complexity index is 621. The van der Waals surface area contributed by atoms with Gasteiger partial charge in [-0.05, 0) is 53.4 Å². The van der Waals surface area contributed by atoms with Crippen LogP contribution in [-0.4, -0.2) is 39.3 Å². The fraction of sp³-hybridized carbons (Fsp3) is 0.739. The van der Waals surface area contributed by atoms with Crippen molar-refractivity contribution in [2.75, 3.05) is 39.3 Å². The highest BCUT2D eigenvalue weighted by Gasteiger charge is 2.34. The molecule has 1 aliphatic carbocycles. The molecule has 0 aromatic heterocycles. The Morgan fingerprint density at radius 1 is 1.19 bits per heavy atom. The van der Waals surface area contributed by atoms with Gasteiger partial charge in [0.2, 0.25) is 0 Å². The molecule has 146 valence electrons. The average Bonchev–Trinajstić information content (AvgIpc) is 2.89. The van der Waals surface area contributed by atoms with Gasteiger partial charge >= 0.3 is 0 Å². The van der Waals surface area contributed by atoms with Crippen LogP contribution in [0.25, 0.3) is 0 Å². The van der Waals surface area contributed by atoms with E-state index in [2.05, 4.69) is 64.3 Å². The average molecular weight is 361 g/mol. The van der Waals surface area contributed by atoms with Crippen LogP contribution in [-0.2, 0) is 17.3 Å². The highest BCUT2D eigenvalue weighted by molar-refractivity contribution is 5.48. The van der Waals surface area contributed by atoms with Gasteiger partial charge in [-0.2, -0.15) is 0 Å². The van der Waals surface area contributed by atoms with Crippen molar-refractivity contribution in [3.8, 4) is 0 Å². The third kappa shape index (κ3) is 4.32. The predicted octanol–water partition coefficient (Wildman–Crippen LogP) is 0.294. The van der Waals surface area contributed by atoms with Crippen LogP contribution in [0.3, 0.4) is 0 Å². The minimum absolute atomic E-state index is 0.219. The Balaban J connectivity index is 1.76. The lowest BCUT2D eigenvalue weighted by Crippen LogP contribution is -3.22. The van der Waals surface area contributed by atoms with Gasteiger partial charge < -0.3 is 15.5 Å². The number of quaternary nitrogens is 3. The first-order valence-electron chi connectivity index (χ1n) is 10.8. The van der Waals surface area contributed by atoms with Crippen LogP contribution < -0.4 is 15.5 Å². The minimum Gasteiger partial charge on any atom is -0.337 e. The van der Waals surface area contributed by atoms with Crippen molar-refractivity contribution in [1.29, 1.82) is 0 Å². The molecule has 1 aromatic carbocycles. The summed E-state index contributed by atoms with van der Waals surface area (Å²) >= 11 is 0. The SMILES string of the molecule is C[C@H]([NH2+]CC[NH+]1CC[NH2+]CC1)c1cc(C(C)(C)C)cc2c1CCC2(C)C. The number of hydrogen-bond acceptors (Lipinski definition) is 0. The van der Waals surface area contributed by atoms with E-state index in [9.17, 15) is 0 Å². The monoisotopic (exact) mass is 360 g/mol. The second kappa shape index (κ2) is 7.61. The summed E-state index contributed by atoms with van der Waals surface area (Å²) in [6.45, 7) is 22.2. The van der Waals surface area contributed by atoms with Crippen molar-refractivity contribution >= 4 is 0 Å². The Kier molecular flexibility index (Phi) is 5.81. The summed E-state index contributed by atoms with van der Waals surface area (Å²) in [5.74, 6) is 0. The van der Waals surface area contributed by atoms with Crippen LogP contribution in [0.5, 0.6) is 0 Å². The molecule has 1 aromatic rings. The molecule has 0 amide bonds. The fourth-order valence-electron chi connectivity index (χ4n) is 4.78. The molecule has 3 nitrogen and oxygen atoms in total. The molecule has 5 N–H and O–H groups in total. The van der Waals surface area contributed by atoms with E-state index in [0.717, 1.165) is 0 Å². The van der Waals surface area contributed by atoms with E-state index >= 15 is 0 Å². The van der Waals surface area contributed by atoms with E-state index in [1.54, 1.807) is 21.6 Å². The molecule has 1 atom stereocenters. The number of nitrogens with two attached hydrogens (primary N) is 2. The fourth-order valence-corrected chi connectivity index (χ4v) is 4.78. The number of nitrogens with one attached hydrogen (secondary N) is 1. The maximum Gasteiger partial charge on any atom is 0.127 e. The van der Waals surface area contributed by atoms with Crippen molar-refractivity contribution in [1.82, 2.24) is 0 Å². The van der Waals surface area contributed by atoms with Gasteiger partial charge in [0.15, 0.2) is 0 Å². The lowest BCUT2D eigenvalue weighted by atomic mass is 9.79. The van der Waals surface area contributed by atoms with Gasteiger partial charge in [-0.15, -0.1) is 0 Å². The predicted molar refractivity (Wildman–Crippen MR) is 109 cm³/mol. The second-order valence-electron chi connectivity index (χ2n) is 10.4. The second-order valence-corrected chi connectivity index (χ2v) is 10.4. The molecule has 1 aliphatic heterocycles. The number of fused-ring (bicyclic) bond motifs is 1. The molecule has 26 heavy (non-hydrogen) atoms. The van der Waals surface area contributed by atoms with Crippen LogP contribution in [0.4, 0.5) is 0 Å². The van der Waals surface area contributed by atoms with Gasteiger partial charge in [0.1, 0.15) is 45.3 Å². The molecule has 0 spiro atoms. The zero-order valence-electron chi connectivity index (χ0n) is 18.0. The molecule has 0 saturated carbocycles. The summed E-state index contributed by atoms with van der Waals surface area (Å²) in [7, 11) is 0. The lowest BCUT2D eigenvalue weighted by molar-refractivity contribution is -0.956. The summed E-state index contributed by atoms with van der Waals surface area (Å²) in [6.07, 6.45) is 2.55. The number of benzene rings is 1. The summed E-state index contributed by atoms with van der Waals surface area (Å²) in [6, 6.07) is 5.62. The summed E-state index contributed by atoms with van der Waals surface area (Å²) < 4.78 is 0. The van der Waals surface area contributed by atoms with Crippen molar-refractivity contribution in [2.45, 2.75) is 71.3 Å². The summed E-state index contributed by atoms with van der Waals surface area (Å²) in [4.78, 5) is 1.80. The third-order valence-corrected chi connectivity index (χ3v) is 6.79. The molecule has 0 unspecified atom stereocenters. The van der Waals surface area contributed by atoms with E-state index in [4.69, 9.17) is 0 Å². The Morgan fingerprint density at radius 2 is 1.88 bits per heavy atom. The molecular weight excluding hydrogens is 318 g/mol.